The largest absolute Gasteiger partial charge is 0.465 e. The van der Waals surface area contributed by atoms with Crippen LogP contribution in [0.1, 0.15) is 94.3 Å². The Bertz CT molecular complexity index is 2300. The summed E-state index contributed by atoms with van der Waals surface area (Å²) in [6.45, 7) is 3.51. The summed E-state index contributed by atoms with van der Waals surface area (Å²) in [4.78, 5) is 81.9. The van der Waals surface area contributed by atoms with E-state index in [1.165, 1.54) is 16.2 Å². The van der Waals surface area contributed by atoms with Crippen LogP contribution in [-0.4, -0.2) is 85.6 Å². The fourth-order valence-electron chi connectivity index (χ4n) is 9.04. The van der Waals surface area contributed by atoms with Gasteiger partial charge in [0, 0.05) is 41.8 Å². The highest BCUT2D eigenvalue weighted by atomic mass is 16.4. The third-order valence-electron chi connectivity index (χ3n) is 12.1. The number of anilines is 2. The Kier molecular flexibility index (Phi) is 14.2. The van der Waals surface area contributed by atoms with Crippen molar-refractivity contribution in [1.29, 1.82) is 0 Å². The van der Waals surface area contributed by atoms with Gasteiger partial charge in [-0.2, -0.15) is 0 Å². The summed E-state index contributed by atoms with van der Waals surface area (Å²) in [6.07, 6.45) is 5.91. The first-order valence-corrected chi connectivity index (χ1v) is 21.9. The Morgan fingerprint density at radius 3 is 1.44 bits per heavy atom. The van der Waals surface area contributed by atoms with Crippen molar-refractivity contribution in [2.45, 2.75) is 102 Å². The molecule has 0 radical (unpaired) electrons. The minimum absolute atomic E-state index is 0.317. The summed E-state index contributed by atoms with van der Waals surface area (Å²) >= 11 is 0. The van der Waals surface area contributed by atoms with Gasteiger partial charge in [-0.3, -0.25) is 19.2 Å². The summed E-state index contributed by atoms with van der Waals surface area (Å²) in [5.41, 5.74) is 3.85. The molecule has 2 saturated heterocycles. The van der Waals surface area contributed by atoms with Gasteiger partial charge in [0.15, 0.2) is 0 Å². The van der Waals surface area contributed by atoms with Crippen LogP contribution in [0.3, 0.4) is 0 Å². The molecule has 3 heterocycles. The third kappa shape index (κ3) is 10.3. The lowest BCUT2D eigenvalue weighted by Crippen LogP contribution is -2.48. The maximum absolute atomic E-state index is 13.9. The molecule has 0 bridgehead atoms. The van der Waals surface area contributed by atoms with Crippen molar-refractivity contribution in [3.63, 3.8) is 0 Å². The summed E-state index contributed by atoms with van der Waals surface area (Å²) in [5, 5.41) is 31.8. The Labute approximate surface area is 365 Å². The van der Waals surface area contributed by atoms with E-state index in [1.807, 2.05) is 36.4 Å². The molecule has 15 heteroatoms. The topological polar surface area (TPSA) is 202 Å². The summed E-state index contributed by atoms with van der Waals surface area (Å²) in [6, 6.07) is 24.7. The quantitative estimate of drug-likeness (QED) is 0.0505. The molecule has 2 aliphatic heterocycles. The van der Waals surface area contributed by atoms with Crippen LogP contribution in [0.4, 0.5) is 21.0 Å². The maximum Gasteiger partial charge on any atom is 0.405 e. The average molecular weight is 858 g/mol. The molecule has 6 amide bonds. The Morgan fingerprint density at radius 1 is 0.587 bits per heavy atom. The number of carbonyl (C=O) groups is 6. The number of unbranched alkanes of at least 4 members (excludes halogenated alkanes) is 5. The van der Waals surface area contributed by atoms with Gasteiger partial charge in [0.05, 0.1) is 11.0 Å². The Hall–Kier alpha value is -6.90. The molecular formula is C48H55N7O8. The van der Waals surface area contributed by atoms with E-state index in [2.05, 4.69) is 32.8 Å². The summed E-state index contributed by atoms with van der Waals surface area (Å²) < 4.78 is 2.21. The molecule has 5 aromatic rings. The Balaban J connectivity index is 1.12. The number of fused-ring (bicyclic) bond motifs is 3. The lowest BCUT2D eigenvalue weighted by atomic mass is 10.0. The Morgan fingerprint density at radius 2 is 1.02 bits per heavy atom. The van der Waals surface area contributed by atoms with Gasteiger partial charge in [-0.15, -0.1) is 0 Å². The predicted octanol–water partition coefficient (Wildman–Crippen LogP) is 8.03. The van der Waals surface area contributed by atoms with Gasteiger partial charge in [0.1, 0.15) is 24.2 Å². The van der Waals surface area contributed by atoms with E-state index in [0.717, 1.165) is 53.9 Å². The van der Waals surface area contributed by atoms with Gasteiger partial charge in [-0.25, -0.2) is 9.59 Å². The van der Waals surface area contributed by atoms with Gasteiger partial charge in [-0.1, -0.05) is 112 Å². The molecule has 1 aromatic heterocycles. The predicted molar refractivity (Wildman–Crippen MR) is 240 cm³/mol. The molecule has 2 unspecified atom stereocenters. The van der Waals surface area contributed by atoms with Crippen molar-refractivity contribution in [2.75, 3.05) is 23.7 Å². The maximum atomic E-state index is 13.9. The van der Waals surface area contributed by atoms with Crippen molar-refractivity contribution in [2.24, 2.45) is 0 Å². The SMILES string of the molecule is CCCCCCCCn1c2cc(NC(=O)[C@@H]3CCCN3C(=O)C(NC(=O)O)c3ccccc3)ccc2c2ccc(NC(=O)[C@@H]3CCCN3C(=O)C(NC(=O)O)c3ccccc3)cc21. The first-order valence-electron chi connectivity index (χ1n) is 21.9. The number of likely N-dealkylation sites (tertiary alicyclic amines) is 2. The molecule has 63 heavy (non-hydrogen) atoms. The summed E-state index contributed by atoms with van der Waals surface area (Å²) in [7, 11) is 0. The molecule has 4 atom stereocenters. The van der Waals surface area contributed by atoms with E-state index in [9.17, 15) is 39.0 Å². The second-order valence-electron chi connectivity index (χ2n) is 16.3. The standard InChI is InChI=1S/C48H55N7O8/c1-2-3-4-5-6-13-26-53-39-29-33(49-43(56)37-20-14-27-54(37)45(58)41(51-47(60)61)31-16-9-7-10-17-31)22-24-35(39)36-25-23-34(30-40(36)53)50-44(57)38-21-15-28-55(38)46(59)42(52-48(62)63)32-18-11-8-12-19-32/h7-12,16-19,22-25,29-30,37-38,41-42,51-52H,2-6,13-15,20-21,26-28H2,1H3,(H,49,56)(H,50,57)(H,60,61)(H,62,63)/t37-,38-,41?,42?/m0/s1. The molecule has 0 spiro atoms. The molecule has 0 aliphatic carbocycles. The number of benzene rings is 4. The number of hydrogen-bond acceptors (Lipinski definition) is 6. The lowest BCUT2D eigenvalue weighted by molar-refractivity contribution is -0.138. The zero-order valence-corrected chi connectivity index (χ0v) is 35.4. The molecule has 6 N–H and O–H groups in total. The molecule has 7 rings (SSSR count). The number of rotatable bonds is 17. The lowest BCUT2D eigenvalue weighted by Gasteiger charge is -2.28. The first-order chi connectivity index (χ1) is 30.5. The highest BCUT2D eigenvalue weighted by molar-refractivity contribution is 6.11. The van der Waals surface area contributed by atoms with Gasteiger partial charge < -0.3 is 45.8 Å². The number of aryl methyl sites for hydroxylation is 1. The van der Waals surface area contributed by atoms with E-state index in [4.69, 9.17) is 0 Å². The van der Waals surface area contributed by atoms with Crippen LogP contribution >= 0.6 is 0 Å². The zero-order valence-electron chi connectivity index (χ0n) is 35.4. The molecule has 2 aliphatic rings. The second kappa shape index (κ2) is 20.3. The third-order valence-corrected chi connectivity index (χ3v) is 12.1. The van der Waals surface area contributed by atoms with Crippen molar-refractivity contribution < 1.29 is 39.0 Å². The normalized spacial score (nSPS) is 17.0. The van der Waals surface area contributed by atoms with Crippen LogP contribution in [-0.2, 0) is 25.7 Å². The van der Waals surface area contributed by atoms with Crippen LogP contribution in [0.15, 0.2) is 97.1 Å². The van der Waals surface area contributed by atoms with Crippen LogP contribution < -0.4 is 21.3 Å². The van der Waals surface area contributed by atoms with Gasteiger partial charge in [0.25, 0.3) is 11.8 Å². The van der Waals surface area contributed by atoms with Crippen molar-refractivity contribution in [3.8, 4) is 0 Å². The zero-order chi connectivity index (χ0) is 44.5. The van der Waals surface area contributed by atoms with Crippen LogP contribution in [0.25, 0.3) is 21.8 Å². The minimum atomic E-state index is -1.34. The molecule has 15 nitrogen and oxygen atoms in total. The fourth-order valence-corrected chi connectivity index (χ4v) is 9.04. The molecular weight excluding hydrogens is 803 g/mol. The number of amides is 6. The van der Waals surface area contributed by atoms with E-state index in [-0.39, 0.29) is 11.8 Å². The molecule has 2 fully saturated rings. The van der Waals surface area contributed by atoms with Crippen LogP contribution in [0, 0.1) is 0 Å². The highest BCUT2D eigenvalue weighted by Gasteiger charge is 2.40. The van der Waals surface area contributed by atoms with E-state index in [0.29, 0.717) is 67.8 Å². The van der Waals surface area contributed by atoms with Crippen molar-refractivity contribution >= 4 is 69.0 Å². The summed E-state index contributed by atoms with van der Waals surface area (Å²) in [5.74, 6) is -1.70. The molecule has 330 valence electrons. The molecule has 0 saturated carbocycles. The highest BCUT2D eigenvalue weighted by Crippen LogP contribution is 2.35. The van der Waals surface area contributed by atoms with E-state index < -0.39 is 48.2 Å². The smallest absolute Gasteiger partial charge is 0.405 e. The number of carbonyl (C=O) groups excluding carboxylic acids is 4. The first kappa shape index (κ1) is 44.2. The monoisotopic (exact) mass is 857 g/mol. The number of aromatic nitrogens is 1. The second-order valence-corrected chi connectivity index (χ2v) is 16.3. The number of nitrogens with one attached hydrogen (secondary N) is 4. The number of carboxylic acid groups (broad SMARTS) is 2. The van der Waals surface area contributed by atoms with E-state index >= 15 is 0 Å². The number of hydrogen-bond donors (Lipinski definition) is 6. The fraction of sp³-hybridized carbons (Fsp3) is 0.375. The van der Waals surface area contributed by atoms with Crippen molar-refractivity contribution in [1.82, 2.24) is 25.0 Å². The van der Waals surface area contributed by atoms with Gasteiger partial charge in [0.2, 0.25) is 11.8 Å². The van der Waals surface area contributed by atoms with E-state index in [1.54, 1.807) is 60.7 Å². The van der Waals surface area contributed by atoms with Crippen LogP contribution in [0.5, 0.6) is 0 Å². The minimum Gasteiger partial charge on any atom is -0.465 e. The van der Waals surface area contributed by atoms with Gasteiger partial charge >= 0.3 is 12.2 Å². The molecule has 4 aromatic carbocycles. The van der Waals surface area contributed by atoms with Crippen LogP contribution in [0.2, 0.25) is 0 Å². The average Bonchev–Trinajstić information content (AvgIpc) is 4.05. The van der Waals surface area contributed by atoms with Crippen molar-refractivity contribution in [3.05, 3.63) is 108 Å². The number of nitrogens with zero attached hydrogens (tertiary/aromatic N) is 3. The van der Waals surface area contributed by atoms with Gasteiger partial charge in [-0.05, 0) is 67.5 Å².